The predicted octanol–water partition coefficient (Wildman–Crippen LogP) is 2.49. The fraction of sp³-hybridized carbons (Fsp3) is 0.312. The fourth-order valence-electron chi connectivity index (χ4n) is 2.18. The molecule has 0 atom stereocenters. The van der Waals surface area contributed by atoms with E-state index in [1.54, 1.807) is 7.11 Å². The highest BCUT2D eigenvalue weighted by Crippen LogP contribution is 2.20. The Kier molecular flexibility index (Phi) is 4.58. The summed E-state index contributed by atoms with van der Waals surface area (Å²) >= 11 is 0. The summed E-state index contributed by atoms with van der Waals surface area (Å²) in [6, 6.07) is 12.1. The molecule has 4 heteroatoms. The van der Waals surface area contributed by atoms with E-state index in [-0.39, 0.29) is 0 Å². The number of nitrogens with two attached hydrogens (primary N) is 1. The summed E-state index contributed by atoms with van der Waals surface area (Å²) in [5.74, 6) is 1.81. The van der Waals surface area contributed by atoms with Crippen molar-refractivity contribution in [2.45, 2.75) is 20.0 Å². The highest BCUT2D eigenvalue weighted by Gasteiger charge is 2.09. The van der Waals surface area contributed by atoms with E-state index in [1.807, 2.05) is 44.3 Å². The molecule has 0 unspecified atom stereocenters. The van der Waals surface area contributed by atoms with Crippen LogP contribution in [-0.4, -0.2) is 19.1 Å². The van der Waals surface area contributed by atoms with Crippen LogP contribution in [0.4, 0.5) is 5.82 Å². The number of benzene rings is 1. The zero-order chi connectivity index (χ0) is 14.5. The van der Waals surface area contributed by atoms with Gasteiger partial charge in [0.1, 0.15) is 11.6 Å². The number of aromatic nitrogens is 1. The second-order valence-electron chi connectivity index (χ2n) is 4.85. The topological polar surface area (TPSA) is 51.4 Å². The van der Waals surface area contributed by atoms with Crippen LogP contribution < -0.4 is 15.4 Å². The van der Waals surface area contributed by atoms with Crippen LogP contribution in [0.1, 0.15) is 16.8 Å². The van der Waals surface area contributed by atoms with Gasteiger partial charge in [0, 0.05) is 31.4 Å². The van der Waals surface area contributed by atoms with E-state index < -0.39 is 0 Å². The molecule has 0 aliphatic carbocycles. The van der Waals surface area contributed by atoms with Crippen molar-refractivity contribution in [1.29, 1.82) is 0 Å². The maximum Gasteiger partial charge on any atom is 0.133 e. The highest BCUT2D eigenvalue weighted by atomic mass is 16.5. The van der Waals surface area contributed by atoms with Crippen molar-refractivity contribution in [3.05, 3.63) is 53.2 Å². The van der Waals surface area contributed by atoms with Gasteiger partial charge in [-0.2, -0.15) is 0 Å². The summed E-state index contributed by atoms with van der Waals surface area (Å²) in [7, 11) is 3.71. The smallest absolute Gasteiger partial charge is 0.133 e. The second-order valence-corrected chi connectivity index (χ2v) is 4.85. The molecule has 106 valence electrons. The summed E-state index contributed by atoms with van der Waals surface area (Å²) in [5, 5.41) is 0. The molecule has 4 nitrogen and oxygen atoms in total. The van der Waals surface area contributed by atoms with E-state index in [4.69, 9.17) is 10.5 Å². The SMILES string of the molecule is COc1cccc(CN(C)c2nc(C)ccc2CN)c1. The van der Waals surface area contributed by atoms with E-state index in [9.17, 15) is 0 Å². The van der Waals surface area contributed by atoms with Gasteiger partial charge in [-0.25, -0.2) is 4.98 Å². The average molecular weight is 271 g/mol. The predicted molar refractivity (Wildman–Crippen MR) is 82.0 cm³/mol. The maximum atomic E-state index is 5.79. The Balaban J connectivity index is 2.23. The number of ether oxygens (including phenoxy) is 1. The molecule has 1 aromatic heterocycles. The zero-order valence-corrected chi connectivity index (χ0v) is 12.3. The average Bonchev–Trinajstić information content (AvgIpc) is 2.47. The number of hydrogen-bond donors (Lipinski definition) is 1. The van der Waals surface area contributed by atoms with E-state index >= 15 is 0 Å². The first-order valence-corrected chi connectivity index (χ1v) is 6.64. The minimum atomic E-state index is 0.491. The quantitative estimate of drug-likeness (QED) is 0.907. The molecule has 0 spiro atoms. The Labute approximate surface area is 120 Å². The molecule has 20 heavy (non-hydrogen) atoms. The van der Waals surface area contributed by atoms with Gasteiger partial charge in [-0.05, 0) is 30.7 Å². The van der Waals surface area contributed by atoms with Gasteiger partial charge in [-0.3, -0.25) is 0 Å². The Morgan fingerprint density at radius 2 is 2.05 bits per heavy atom. The largest absolute Gasteiger partial charge is 0.497 e. The molecule has 0 radical (unpaired) electrons. The lowest BCUT2D eigenvalue weighted by molar-refractivity contribution is 0.414. The van der Waals surface area contributed by atoms with Crippen LogP contribution in [0, 0.1) is 6.92 Å². The first-order valence-electron chi connectivity index (χ1n) is 6.64. The molecule has 2 aromatic rings. The molecular formula is C16H21N3O. The maximum absolute atomic E-state index is 5.79. The van der Waals surface area contributed by atoms with Crippen LogP contribution in [0.3, 0.4) is 0 Å². The highest BCUT2D eigenvalue weighted by molar-refractivity contribution is 5.48. The van der Waals surface area contributed by atoms with Gasteiger partial charge in [-0.15, -0.1) is 0 Å². The molecule has 0 saturated carbocycles. The summed E-state index contributed by atoms with van der Waals surface area (Å²) in [5.41, 5.74) is 9.02. The number of rotatable bonds is 5. The van der Waals surface area contributed by atoms with Crippen molar-refractivity contribution in [3.63, 3.8) is 0 Å². The molecule has 0 saturated heterocycles. The molecule has 0 aliphatic heterocycles. The number of aryl methyl sites for hydroxylation is 1. The van der Waals surface area contributed by atoms with Gasteiger partial charge >= 0.3 is 0 Å². The number of hydrogen-bond acceptors (Lipinski definition) is 4. The normalized spacial score (nSPS) is 10.4. The fourth-order valence-corrected chi connectivity index (χ4v) is 2.18. The number of nitrogens with zero attached hydrogens (tertiary/aromatic N) is 2. The van der Waals surface area contributed by atoms with Crippen LogP contribution in [0.15, 0.2) is 36.4 Å². The zero-order valence-electron chi connectivity index (χ0n) is 12.3. The van der Waals surface area contributed by atoms with Crippen LogP contribution in [0.5, 0.6) is 5.75 Å². The Bertz CT molecular complexity index is 584. The van der Waals surface area contributed by atoms with E-state index in [0.717, 1.165) is 29.4 Å². The van der Waals surface area contributed by atoms with Gasteiger partial charge in [0.15, 0.2) is 0 Å². The molecule has 1 aromatic carbocycles. The van der Waals surface area contributed by atoms with Crippen molar-refractivity contribution in [2.24, 2.45) is 5.73 Å². The lowest BCUT2D eigenvalue weighted by Crippen LogP contribution is -2.20. The molecule has 0 amide bonds. The van der Waals surface area contributed by atoms with E-state index in [2.05, 4.69) is 16.0 Å². The van der Waals surface area contributed by atoms with E-state index in [0.29, 0.717) is 6.54 Å². The van der Waals surface area contributed by atoms with Crippen LogP contribution in [0.25, 0.3) is 0 Å². The number of pyridine rings is 1. The molecule has 2 rings (SSSR count). The molecule has 0 aliphatic rings. The van der Waals surface area contributed by atoms with Crippen LogP contribution in [-0.2, 0) is 13.1 Å². The minimum Gasteiger partial charge on any atom is -0.497 e. The van der Waals surface area contributed by atoms with Gasteiger partial charge in [0.2, 0.25) is 0 Å². The third-order valence-electron chi connectivity index (χ3n) is 3.23. The number of anilines is 1. The van der Waals surface area contributed by atoms with Gasteiger partial charge in [0.05, 0.1) is 7.11 Å². The lowest BCUT2D eigenvalue weighted by Gasteiger charge is -2.21. The lowest BCUT2D eigenvalue weighted by atomic mass is 10.2. The Morgan fingerprint density at radius 3 is 2.75 bits per heavy atom. The van der Waals surface area contributed by atoms with Crippen molar-refractivity contribution in [2.75, 3.05) is 19.1 Å². The molecule has 2 N–H and O–H groups in total. The van der Waals surface area contributed by atoms with Crippen molar-refractivity contribution >= 4 is 5.82 Å². The minimum absolute atomic E-state index is 0.491. The van der Waals surface area contributed by atoms with E-state index in [1.165, 1.54) is 5.56 Å². The number of methoxy groups -OCH3 is 1. The van der Waals surface area contributed by atoms with Crippen LogP contribution in [0.2, 0.25) is 0 Å². The van der Waals surface area contributed by atoms with Crippen molar-refractivity contribution in [3.8, 4) is 5.75 Å². The molecule has 0 fully saturated rings. The van der Waals surface area contributed by atoms with Crippen LogP contribution >= 0.6 is 0 Å². The third-order valence-corrected chi connectivity index (χ3v) is 3.23. The third kappa shape index (κ3) is 3.27. The summed E-state index contributed by atoms with van der Waals surface area (Å²) in [4.78, 5) is 6.71. The van der Waals surface area contributed by atoms with Gasteiger partial charge < -0.3 is 15.4 Å². The van der Waals surface area contributed by atoms with Crippen molar-refractivity contribution < 1.29 is 4.74 Å². The second kappa shape index (κ2) is 6.39. The molecule has 1 heterocycles. The standard InChI is InChI=1S/C16H21N3O/c1-12-7-8-14(10-17)16(18-12)19(2)11-13-5-4-6-15(9-13)20-3/h4-9H,10-11,17H2,1-3H3. The summed E-state index contributed by atoms with van der Waals surface area (Å²) in [6.45, 7) is 3.24. The Hall–Kier alpha value is -2.07. The van der Waals surface area contributed by atoms with Gasteiger partial charge in [-0.1, -0.05) is 18.2 Å². The van der Waals surface area contributed by atoms with Crippen molar-refractivity contribution in [1.82, 2.24) is 4.98 Å². The molecule has 0 bridgehead atoms. The molecular weight excluding hydrogens is 250 g/mol. The Morgan fingerprint density at radius 1 is 1.25 bits per heavy atom. The summed E-state index contributed by atoms with van der Waals surface area (Å²) < 4.78 is 5.25. The summed E-state index contributed by atoms with van der Waals surface area (Å²) in [6.07, 6.45) is 0. The van der Waals surface area contributed by atoms with Gasteiger partial charge in [0.25, 0.3) is 0 Å². The first kappa shape index (κ1) is 14.3. The monoisotopic (exact) mass is 271 g/mol. The first-order chi connectivity index (χ1) is 9.63.